The van der Waals surface area contributed by atoms with E-state index in [0.29, 0.717) is 5.92 Å². The van der Waals surface area contributed by atoms with E-state index in [4.69, 9.17) is 10.5 Å². The maximum atomic E-state index is 5.64. The van der Waals surface area contributed by atoms with Crippen molar-refractivity contribution in [2.45, 2.75) is 32.6 Å². The van der Waals surface area contributed by atoms with Gasteiger partial charge in [0.25, 0.3) is 0 Å². The molecule has 0 aliphatic heterocycles. The van der Waals surface area contributed by atoms with Crippen molar-refractivity contribution in [3.8, 4) is 5.75 Å². The van der Waals surface area contributed by atoms with E-state index in [9.17, 15) is 0 Å². The van der Waals surface area contributed by atoms with E-state index in [1.807, 2.05) is 12.1 Å². The van der Waals surface area contributed by atoms with Crippen molar-refractivity contribution in [3.63, 3.8) is 0 Å². The second-order valence-corrected chi connectivity index (χ2v) is 4.07. The molecule has 0 amide bonds. The Morgan fingerprint density at radius 2 is 2.07 bits per heavy atom. The molecule has 84 valence electrons. The van der Waals surface area contributed by atoms with Crippen LogP contribution < -0.4 is 10.5 Å². The molecule has 2 N–H and O–H groups in total. The highest BCUT2D eigenvalue weighted by Crippen LogP contribution is 2.20. The SMILES string of the molecule is CC(C)c1cccc(OCCCCN)c1. The van der Waals surface area contributed by atoms with Crippen LogP contribution in [0, 0.1) is 0 Å². The summed E-state index contributed by atoms with van der Waals surface area (Å²) in [6, 6.07) is 8.31. The zero-order chi connectivity index (χ0) is 11.1. The van der Waals surface area contributed by atoms with Crippen LogP contribution in [0.2, 0.25) is 0 Å². The normalized spacial score (nSPS) is 10.7. The van der Waals surface area contributed by atoms with E-state index in [1.165, 1.54) is 5.56 Å². The van der Waals surface area contributed by atoms with Crippen LogP contribution in [-0.4, -0.2) is 13.2 Å². The van der Waals surface area contributed by atoms with Crippen LogP contribution in [0.3, 0.4) is 0 Å². The van der Waals surface area contributed by atoms with E-state index in [2.05, 4.69) is 26.0 Å². The van der Waals surface area contributed by atoms with Crippen LogP contribution in [0.1, 0.15) is 38.2 Å². The zero-order valence-corrected chi connectivity index (χ0v) is 9.70. The summed E-state index contributed by atoms with van der Waals surface area (Å²) in [5, 5.41) is 0. The van der Waals surface area contributed by atoms with Gasteiger partial charge in [-0.2, -0.15) is 0 Å². The van der Waals surface area contributed by atoms with Crippen LogP contribution in [0.4, 0.5) is 0 Å². The van der Waals surface area contributed by atoms with Gasteiger partial charge in [-0.1, -0.05) is 26.0 Å². The average Bonchev–Trinajstić information content (AvgIpc) is 2.25. The van der Waals surface area contributed by atoms with Crippen molar-refractivity contribution in [3.05, 3.63) is 29.8 Å². The van der Waals surface area contributed by atoms with Crippen molar-refractivity contribution in [2.75, 3.05) is 13.2 Å². The fourth-order valence-electron chi connectivity index (χ4n) is 1.40. The Kier molecular flexibility index (Phi) is 5.19. The second kappa shape index (κ2) is 6.46. The zero-order valence-electron chi connectivity index (χ0n) is 9.70. The molecule has 1 aromatic carbocycles. The number of unbranched alkanes of at least 4 members (excludes halogenated alkanes) is 1. The van der Waals surface area contributed by atoms with Crippen molar-refractivity contribution in [1.82, 2.24) is 0 Å². The van der Waals surface area contributed by atoms with Gasteiger partial charge in [0.05, 0.1) is 6.61 Å². The van der Waals surface area contributed by atoms with Crippen molar-refractivity contribution >= 4 is 0 Å². The third kappa shape index (κ3) is 4.34. The topological polar surface area (TPSA) is 35.2 Å². The van der Waals surface area contributed by atoms with Crippen LogP contribution in [0.25, 0.3) is 0 Å². The molecular formula is C13H21NO. The first-order chi connectivity index (χ1) is 7.24. The van der Waals surface area contributed by atoms with Crippen LogP contribution in [0.5, 0.6) is 5.75 Å². The van der Waals surface area contributed by atoms with Crippen LogP contribution >= 0.6 is 0 Å². The van der Waals surface area contributed by atoms with Crippen LogP contribution in [0.15, 0.2) is 24.3 Å². The van der Waals surface area contributed by atoms with E-state index >= 15 is 0 Å². The molecule has 1 rings (SSSR count). The number of hydrogen-bond donors (Lipinski definition) is 1. The number of ether oxygens (including phenoxy) is 1. The summed E-state index contributed by atoms with van der Waals surface area (Å²) >= 11 is 0. The van der Waals surface area contributed by atoms with Crippen molar-refractivity contribution < 1.29 is 4.74 Å². The maximum Gasteiger partial charge on any atom is 0.119 e. The lowest BCUT2D eigenvalue weighted by molar-refractivity contribution is 0.307. The Bertz CT molecular complexity index is 284. The highest BCUT2D eigenvalue weighted by Gasteiger charge is 2.00. The predicted molar refractivity (Wildman–Crippen MR) is 64.3 cm³/mol. The summed E-state index contributed by atoms with van der Waals surface area (Å²) in [5.41, 5.74) is 6.74. The standard InChI is InChI=1S/C13H21NO/c1-11(2)12-6-5-7-13(10-12)15-9-4-3-8-14/h5-7,10-11H,3-4,8-9,14H2,1-2H3. The molecule has 0 spiro atoms. The minimum Gasteiger partial charge on any atom is -0.494 e. The van der Waals surface area contributed by atoms with E-state index in [0.717, 1.165) is 31.7 Å². The molecule has 2 heteroatoms. The van der Waals surface area contributed by atoms with Gasteiger partial charge in [0.15, 0.2) is 0 Å². The Hall–Kier alpha value is -1.02. The summed E-state index contributed by atoms with van der Waals surface area (Å²) in [4.78, 5) is 0. The number of rotatable bonds is 6. The molecule has 0 heterocycles. The lowest BCUT2D eigenvalue weighted by Crippen LogP contribution is -2.03. The number of nitrogens with two attached hydrogens (primary N) is 1. The van der Waals surface area contributed by atoms with Crippen molar-refractivity contribution in [2.24, 2.45) is 5.73 Å². The third-order valence-corrected chi connectivity index (χ3v) is 2.39. The molecular weight excluding hydrogens is 186 g/mol. The molecule has 0 aliphatic carbocycles. The number of benzene rings is 1. The summed E-state index contributed by atoms with van der Waals surface area (Å²) in [7, 11) is 0. The Morgan fingerprint density at radius 1 is 1.27 bits per heavy atom. The van der Waals surface area contributed by atoms with Gasteiger partial charge in [-0.25, -0.2) is 0 Å². The molecule has 15 heavy (non-hydrogen) atoms. The van der Waals surface area contributed by atoms with Gasteiger partial charge in [-0.05, 0) is 43.0 Å². The largest absolute Gasteiger partial charge is 0.494 e. The first kappa shape index (κ1) is 12.1. The van der Waals surface area contributed by atoms with E-state index in [1.54, 1.807) is 0 Å². The van der Waals surface area contributed by atoms with Crippen LogP contribution in [-0.2, 0) is 0 Å². The number of hydrogen-bond acceptors (Lipinski definition) is 2. The lowest BCUT2D eigenvalue weighted by Gasteiger charge is -2.09. The molecule has 0 atom stereocenters. The minimum absolute atomic E-state index is 0.553. The van der Waals surface area contributed by atoms with E-state index < -0.39 is 0 Å². The lowest BCUT2D eigenvalue weighted by atomic mass is 10.0. The minimum atomic E-state index is 0.553. The molecule has 0 aliphatic rings. The quantitative estimate of drug-likeness (QED) is 0.728. The predicted octanol–water partition coefficient (Wildman–Crippen LogP) is 2.93. The molecule has 2 nitrogen and oxygen atoms in total. The third-order valence-electron chi connectivity index (χ3n) is 2.39. The summed E-state index contributed by atoms with van der Waals surface area (Å²) < 4.78 is 5.64. The van der Waals surface area contributed by atoms with Gasteiger partial charge < -0.3 is 10.5 Å². The first-order valence-electron chi connectivity index (χ1n) is 5.67. The molecule has 0 aromatic heterocycles. The molecule has 1 aromatic rings. The monoisotopic (exact) mass is 207 g/mol. The molecule has 0 saturated heterocycles. The van der Waals surface area contributed by atoms with Gasteiger partial charge in [-0.15, -0.1) is 0 Å². The van der Waals surface area contributed by atoms with E-state index in [-0.39, 0.29) is 0 Å². The molecule has 0 unspecified atom stereocenters. The highest BCUT2D eigenvalue weighted by atomic mass is 16.5. The fraction of sp³-hybridized carbons (Fsp3) is 0.538. The Labute approximate surface area is 92.4 Å². The fourth-order valence-corrected chi connectivity index (χ4v) is 1.40. The van der Waals surface area contributed by atoms with Crippen molar-refractivity contribution in [1.29, 1.82) is 0 Å². The molecule has 0 fully saturated rings. The second-order valence-electron chi connectivity index (χ2n) is 4.07. The molecule has 0 radical (unpaired) electrons. The maximum absolute atomic E-state index is 5.64. The Morgan fingerprint density at radius 3 is 2.73 bits per heavy atom. The molecule has 0 bridgehead atoms. The van der Waals surface area contributed by atoms with Gasteiger partial charge in [-0.3, -0.25) is 0 Å². The molecule has 0 saturated carbocycles. The average molecular weight is 207 g/mol. The van der Waals surface area contributed by atoms with Gasteiger partial charge in [0, 0.05) is 0 Å². The summed E-state index contributed by atoms with van der Waals surface area (Å²) in [5.74, 6) is 1.52. The first-order valence-corrected chi connectivity index (χ1v) is 5.67. The summed E-state index contributed by atoms with van der Waals surface area (Å²) in [6.07, 6.45) is 2.06. The highest BCUT2D eigenvalue weighted by molar-refractivity contribution is 5.30. The Balaban J connectivity index is 2.43. The summed E-state index contributed by atoms with van der Waals surface area (Å²) in [6.45, 7) is 5.88. The van der Waals surface area contributed by atoms with Gasteiger partial charge in [0.1, 0.15) is 5.75 Å². The van der Waals surface area contributed by atoms with Gasteiger partial charge in [0.2, 0.25) is 0 Å². The van der Waals surface area contributed by atoms with Gasteiger partial charge >= 0.3 is 0 Å². The smallest absolute Gasteiger partial charge is 0.119 e.